The molecule has 0 spiro atoms. The number of pyridine rings is 2. The molecule has 3 N–H and O–H groups in total. The Morgan fingerprint density at radius 2 is 2.00 bits per heavy atom. The molecule has 0 bridgehead atoms. The van der Waals surface area contributed by atoms with E-state index < -0.39 is 0 Å². The number of H-pyrrole nitrogens is 1. The van der Waals surface area contributed by atoms with Crippen LogP contribution in [0.1, 0.15) is 35.3 Å². The third kappa shape index (κ3) is 3.05. The van der Waals surface area contributed by atoms with Gasteiger partial charge in [-0.1, -0.05) is 6.92 Å². The fourth-order valence-corrected chi connectivity index (χ4v) is 3.31. The quantitative estimate of drug-likeness (QED) is 0.627. The maximum atomic E-state index is 12.7. The minimum Gasteiger partial charge on any atom is -0.318 e. The molecule has 28 heavy (non-hydrogen) atoms. The Hall–Kier alpha value is -3.46. The monoisotopic (exact) mass is 379 g/mol. The summed E-state index contributed by atoms with van der Waals surface area (Å²) in [5.41, 5.74) is 5.14. The number of hydrogen-bond acceptors (Lipinski definition) is 6. The number of aromatic amines is 1. The molecule has 1 aliphatic heterocycles. The highest BCUT2D eigenvalue weighted by molar-refractivity contribution is 6.11. The lowest BCUT2D eigenvalue weighted by atomic mass is 10.2. The normalized spacial score (nSPS) is 14.1. The zero-order valence-electron chi connectivity index (χ0n) is 15.6. The third-order valence-corrected chi connectivity index (χ3v) is 4.86. The van der Waals surface area contributed by atoms with Gasteiger partial charge in [-0.05, 0) is 37.1 Å². The molecule has 3 aromatic rings. The van der Waals surface area contributed by atoms with Gasteiger partial charge in [0.25, 0.3) is 5.91 Å². The number of hydrogen-bond donors (Lipinski definition) is 3. The first-order valence-electron chi connectivity index (χ1n) is 9.11. The molecule has 1 aliphatic rings. The van der Waals surface area contributed by atoms with Gasteiger partial charge in [0, 0.05) is 31.3 Å². The molecule has 0 saturated carbocycles. The second-order valence-corrected chi connectivity index (χ2v) is 6.59. The number of imidazole rings is 1. The molecule has 0 saturated heterocycles. The smallest absolute Gasteiger partial charge is 0.318 e. The number of hydrazine groups is 1. The van der Waals surface area contributed by atoms with Crippen LogP contribution in [0.5, 0.6) is 0 Å². The Kier molecular flexibility index (Phi) is 4.66. The number of fused-ring (bicyclic) bond motifs is 2. The molecule has 1 atom stereocenters. The van der Waals surface area contributed by atoms with Crippen LogP contribution >= 0.6 is 0 Å². The first kappa shape index (κ1) is 17.9. The van der Waals surface area contributed by atoms with Crippen LogP contribution in [0.3, 0.4) is 0 Å². The first-order chi connectivity index (χ1) is 13.6. The lowest BCUT2D eigenvalue weighted by molar-refractivity contribution is 0.102. The summed E-state index contributed by atoms with van der Waals surface area (Å²) in [4.78, 5) is 36.3. The van der Waals surface area contributed by atoms with Crippen LogP contribution in [0.4, 0.5) is 17.3 Å². The van der Waals surface area contributed by atoms with Crippen molar-refractivity contribution in [2.75, 3.05) is 16.9 Å². The van der Waals surface area contributed by atoms with Crippen molar-refractivity contribution in [2.24, 2.45) is 0 Å². The van der Waals surface area contributed by atoms with Gasteiger partial charge in [-0.3, -0.25) is 9.36 Å². The average molecular weight is 379 g/mol. The molecule has 4 rings (SSSR count). The van der Waals surface area contributed by atoms with Crippen molar-refractivity contribution in [3.8, 4) is 0 Å². The zero-order valence-corrected chi connectivity index (χ0v) is 15.6. The van der Waals surface area contributed by atoms with Crippen LogP contribution in [0, 0.1) is 6.92 Å². The molecule has 9 nitrogen and oxygen atoms in total. The van der Waals surface area contributed by atoms with Crippen molar-refractivity contribution in [3.63, 3.8) is 0 Å². The van der Waals surface area contributed by atoms with Gasteiger partial charge in [0.15, 0.2) is 11.6 Å². The maximum Gasteiger partial charge on any atom is 0.325 e. The standard InChI is InChI=1S/C19H21N7O2/c1-3-13(25-10-9-22-19(25)28)11-23-26-16-14(5-4-7-20-16)18(27)24-15-12(2)6-8-21-17(15)26/h4-10,13,23H,3,11H2,1-2H3,(H,22,28)(H,24,27). The molecule has 3 aromatic heterocycles. The molecule has 0 aliphatic carbocycles. The SMILES string of the molecule is CCC(CNN1c2ncccc2C(=O)Nc2c(C)ccnc21)n1cc[nH]c1=O. The van der Waals surface area contributed by atoms with E-state index in [1.54, 1.807) is 46.5 Å². The lowest BCUT2D eigenvalue weighted by Gasteiger charge is -2.27. The highest BCUT2D eigenvalue weighted by Gasteiger charge is 2.28. The summed E-state index contributed by atoms with van der Waals surface area (Å²) in [6.45, 7) is 4.38. The van der Waals surface area contributed by atoms with Crippen LogP contribution in [0.15, 0.2) is 47.8 Å². The van der Waals surface area contributed by atoms with Crippen molar-refractivity contribution in [1.82, 2.24) is 24.9 Å². The molecule has 9 heteroatoms. The molecule has 1 amide bonds. The minimum atomic E-state index is -0.237. The number of carbonyl (C=O) groups excluding carboxylic acids is 1. The molecule has 0 radical (unpaired) electrons. The van der Waals surface area contributed by atoms with Crippen LogP contribution < -0.4 is 21.4 Å². The van der Waals surface area contributed by atoms with Gasteiger partial charge in [0.2, 0.25) is 0 Å². The number of anilines is 3. The summed E-state index contributed by atoms with van der Waals surface area (Å²) in [5, 5.41) is 4.65. The predicted molar refractivity (Wildman–Crippen MR) is 106 cm³/mol. The van der Waals surface area contributed by atoms with Crippen LogP contribution in [0.2, 0.25) is 0 Å². The largest absolute Gasteiger partial charge is 0.325 e. The van der Waals surface area contributed by atoms with Gasteiger partial charge in [-0.15, -0.1) is 0 Å². The van der Waals surface area contributed by atoms with E-state index in [1.165, 1.54) is 0 Å². The van der Waals surface area contributed by atoms with E-state index in [9.17, 15) is 9.59 Å². The Labute approximate surface area is 161 Å². The van der Waals surface area contributed by atoms with E-state index in [-0.39, 0.29) is 17.6 Å². The second-order valence-electron chi connectivity index (χ2n) is 6.59. The topological polar surface area (TPSA) is 108 Å². The summed E-state index contributed by atoms with van der Waals surface area (Å²) >= 11 is 0. The molecule has 4 heterocycles. The Balaban J connectivity index is 1.74. The summed E-state index contributed by atoms with van der Waals surface area (Å²) in [5.74, 6) is 0.786. The number of carbonyl (C=O) groups is 1. The maximum absolute atomic E-state index is 12.7. The fourth-order valence-electron chi connectivity index (χ4n) is 3.31. The van der Waals surface area contributed by atoms with Crippen molar-refractivity contribution in [2.45, 2.75) is 26.3 Å². The zero-order chi connectivity index (χ0) is 19.7. The van der Waals surface area contributed by atoms with Crippen molar-refractivity contribution >= 4 is 23.2 Å². The van der Waals surface area contributed by atoms with Gasteiger partial charge in [-0.2, -0.15) is 0 Å². The van der Waals surface area contributed by atoms with Gasteiger partial charge < -0.3 is 10.3 Å². The Morgan fingerprint density at radius 1 is 1.18 bits per heavy atom. The van der Waals surface area contributed by atoms with Crippen molar-refractivity contribution < 1.29 is 4.79 Å². The molecular weight excluding hydrogens is 358 g/mol. The van der Waals surface area contributed by atoms with E-state index in [2.05, 4.69) is 25.7 Å². The Morgan fingerprint density at radius 3 is 2.75 bits per heavy atom. The molecule has 0 fully saturated rings. The number of aromatic nitrogens is 4. The van der Waals surface area contributed by atoms with E-state index in [1.807, 2.05) is 19.9 Å². The van der Waals surface area contributed by atoms with Gasteiger partial charge in [0.05, 0.1) is 17.3 Å². The number of aryl methyl sites for hydroxylation is 1. The highest BCUT2D eigenvalue weighted by atomic mass is 16.2. The highest BCUT2D eigenvalue weighted by Crippen LogP contribution is 2.35. The number of nitrogens with zero attached hydrogens (tertiary/aromatic N) is 4. The summed E-state index contributed by atoms with van der Waals surface area (Å²) in [6.07, 6.45) is 7.43. The van der Waals surface area contributed by atoms with Gasteiger partial charge >= 0.3 is 5.69 Å². The number of amides is 1. The first-order valence-corrected chi connectivity index (χ1v) is 9.11. The lowest BCUT2D eigenvalue weighted by Crippen LogP contribution is -2.40. The molecule has 144 valence electrons. The van der Waals surface area contributed by atoms with E-state index in [4.69, 9.17) is 0 Å². The second kappa shape index (κ2) is 7.28. The summed E-state index contributed by atoms with van der Waals surface area (Å²) < 4.78 is 1.65. The van der Waals surface area contributed by atoms with E-state index in [0.29, 0.717) is 29.4 Å². The van der Waals surface area contributed by atoms with Crippen LogP contribution in [-0.2, 0) is 0 Å². The van der Waals surface area contributed by atoms with Crippen LogP contribution in [0.25, 0.3) is 0 Å². The molecule has 0 aromatic carbocycles. The van der Waals surface area contributed by atoms with Gasteiger partial charge in [-0.25, -0.2) is 25.2 Å². The van der Waals surface area contributed by atoms with E-state index in [0.717, 1.165) is 12.0 Å². The fraction of sp³-hybridized carbons (Fsp3) is 0.263. The summed E-state index contributed by atoms with van der Waals surface area (Å²) in [7, 11) is 0. The minimum absolute atomic E-state index is 0.0777. The van der Waals surface area contributed by atoms with E-state index >= 15 is 0 Å². The number of nitrogens with one attached hydrogen (secondary N) is 3. The number of rotatable bonds is 5. The average Bonchev–Trinajstić information content (AvgIpc) is 3.08. The van der Waals surface area contributed by atoms with Crippen LogP contribution in [-0.4, -0.2) is 32.0 Å². The van der Waals surface area contributed by atoms with Gasteiger partial charge in [0.1, 0.15) is 0 Å². The third-order valence-electron chi connectivity index (χ3n) is 4.86. The Bertz CT molecular complexity index is 1070. The molecular formula is C19H21N7O2. The summed E-state index contributed by atoms with van der Waals surface area (Å²) in [6, 6.07) is 5.21. The molecule has 1 unspecified atom stereocenters. The predicted octanol–water partition coefficient (Wildman–Crippen LogP) is 2.13. The van der Waals surface area contributed by atoms with Crippen molar-refractivity contribution in [3.05, 3.63) is 64.6 Å². The van der Waals surface area contributed by atoms with Crippen molar-refractivity contribution in [1.29, 1.82) is 0 Å².